The zero-order valence-electron chi connectivity index (χ0n) is 6.81. The molecule has 1 aromatic rings. The minimum absolute atomic E-state index is 0.0411. The highest BCUT2D eigenvalue weighted by Gasteiger charge is 2.16. The third kappa shape index (κ3) is 1.36. The van der Waals surface area contributed by atoms with Crippen molar-refractivity contribution in [2.75, 3.05) is 6.61 Å². The van der Waals surface area contributed by atoms with E-state index in [0.717, 1.165) is 0 Å². The Morgan fingerprint density at radius 1 is 1.75 bits per heavy atom. The van der Waals surface area contributed by atoms with Gasteiger partial charge in [-0.15, -0.1) is 5.10 Å². The first-order valence-corrected chi connectivity index (χ1v) is 3.45. The fourth-order valence-electron chi connectivity index (χ4n) is 0.709. The number of hydrogen-bond acceptors (Lipinski definition) is 5. The summed E-state index contributed by atoms with van der Waals surface area (Å²) in [5.74, 6) is -0.574. The highest BCUT2D eigenvalue weighted by Crippen LogP contribution is 2.02. The van der Waals surface area contributed by atoms with E-state index in [1.165, 1.54) is 6.92 Å². The number of carbonyl (C=O) groups excluding carboxylic acids is 1. The predicted octanol–water partition coefficient (Wildman–Crippen LogP) is 0.000520. The van der Waals surface area contributed by atoms with Gasteiger partial charge in [0.1, 0.15) is 5.69 Å². The van der Waals surface area contributed by atoms with E-state index < -0.39 is 5.97 Å². The average molecular weight is 171 g/mol. The van der Waals surface area contributed by atoms with Gasteiger partial charge in [-0.05, 0) is 19.1 Å². The monoisotopic (exact) mass is 171 g/mol. The summed E-state index contributed by atoms with van der Waals surface area (Å²) in [5, 5.41) is 15.6. The van der Waals surface area contributed by atoms with Crippen molar-refractivity contribution in [3.8, 4) is 0 Å². The Labute approximate surface area is 68.7 Å². The van der Waals surface area contributed by atoms with Gasteiger partial charge in [-0.25, -0.2) is 4.79 Å². The van der Waals surface area contributed by atoms with Crippen LogP contribution in [0.5, 0.6) is 0 Å². The number of carbonyl (C=O) groups is 1. The molecule has 0 radical (unpaired) electrons. The van der Waals surface area contributed by atoms with Crippen LogP contribution in [-0.4, -0.2) is 32.9 Å². The Balaban J connectivity index is 2.88. The Bertz CT molecular complexity index is 294. The first-order chi connectivity index (χ1) is 5.66. The van der Waals surface area contributed by atoms with Crippen molar-refractivity contribution in [3.05, 3.63) is 11.4 Å². The Kier molecular flexibility index (Phi) is 2.27. The molecule has 0 saturated carbocycles. The zero-order chi connectivity index (χ0) is 9.14. The third-order valence-electron chi connectivity index (χ3n) is 1.34. The van der Waals surface area contributed by atoms with E-state index in [4.69, 9.17) is 5.21 Å². The van der Waals surface area contributed by atoms with Crippen LogP contribution in [0.15, 0.2) is 0 Å². The summed E-state index contributed by atoms with van der Waals surface area (Å²) in [6.07, 6.45) is 0. The summed E-state index contributed by atoms with van der Waals surface area (Å²) >= 11 is 0. The quantitative estimate of drug-likeness (QED) is 0.500. The molecule has 12 heavy (non-hydrogen) atoms. The topological polar surface area (TPSA) is 77.2 Å². The van der Waals surface area contributed by atoms with Gasteiger partial charge in [0.25, 0.3) is 0 Å². The molecule has 66 valence electrons. The van der Waals surface area contributed by atoms with Gasteiger partial charge in [0, 0.05) is 0 Å². The molecule has 0 fully saturated rings. The molecule has 1 heterocycles. The van der Waals surface area contributed by atoms with Crippen molar-refractivity contribution in [3.63, 3.8) is 0 Å². The third-order valence-corrected chi connectivity index (χ3v) is 1.34. The molecular formula is C6H9N3O3. The summed E-state index contributed by atoms with van der Waals surface area (Å²) in [5.41, 5.74) is 0.313. The number of rotatable bonds is 2. The standard InChI is InChI=1S/C6H9N3O3/c1-3-12-6(10)5-4(2)9(11)8-7-5/h11H,3H2,1-2H3. The number of nitrogens with zero attached hydrogens (tertiary/aromatic N) is 3. The van der Waals surface area contributed by atoms with Gasteiger partial charge < -0.3 is 9.94 Å². The maximum absolute atomic E-state index is 11.0. The molecular weight excluding hydrogens is 162 g/mol. The number of ether oxygens (including phenoxy) is 1. The maximum Gasteiger partial charge on any atom is 0.360 e. The molecule has 1 N–H and O–H groups in total. The first kappa shape index (κ1) is 8.51. The molecule has 0 amide bonds. The van der Waals surface area contributed by atoms with Crippen molar-refractivity contribution in [2.24, 2.45) is 0 Å². The van der Waals surface area contributed by atoms with Gasteiger partial charge >= 0.3 is 5.97 Å². The van der Waals surface area contributed by atoms with Crippen LogP contribution < -0.4 is 0 Å². The minimum atomic E-state index is -0.574. The molecule has 6 heteroatoms. The SMILES string of the molecule is CCOC(=O)c1nnn(O)c1C. The number of esters is 1. The normalized spacial score (nSPS) is 9.83. The molecule has 0 saturated heterocycles. The van der Waals surface area contributed by atoms with Crippen LogP contribution in [0.3, 0.4) is 0 Å². The molecule has 0 aliphatic heterocycles. The van der Waals surface area contributed by atoms with E-state index in [-0.39, 0.29) is 18.0 Å². The molecule has 0 unspecified atom stereocenters. The Morgan fingerprint density at radius 2 is 2.42 bits per heavy atom. The fraction of sp³-hybridized carbons (Fsp3) is 0.500. The van der Waals surface area contributed by atoms with Crippen LogP contribution in [0.25, 0.3) is 0 Å². The highest BCUT2D eigenvalue weighted by atomic mass is 16.5. The van der Waals surface area contributed by atoms with Crippen LogP contribution in [0.2, 0.25) is 0 Å². The van der Waals surface area contributed by atoms with Gasteiger partial charge in [-0.2, -0.15) is 0 Å². The van der Waals surface area contributed by atoms with Crippen LogP contribution in [0.1, 0.15) is 23.1 Å². The van der Waals surface area contributed by atoms with Crippen LogP contribution >= 0.6 is 0 Å². The molecule has 1 rings (SSSR count). The van der Waals surface area contributed by atoms with Crippen molar-refractivity contribution >= 4 is 5.97 Å². The van der Waals surface area contributed by atoms with Crippen LogP contribution in [0.4, 0.5) is 0 Å². The van der Waals surface area contributed by atoms with Crippen LogP contribution in [-0.2, 0) is 4.74 Å². The van der Waals surface area contributed by atoms with E-state index >= 15 is 0 Å². The minimum Gasteiger partial charge on any atom is -0.461 e. The van der Waals surface area contributed by atoms with Gasteiger partial charge in [0.2, 0.25) is 0 Å². The Morgan fingerprint density at radius 3 is 2.83 bits per heavy atom. The Hall–Kier alpha value is -1.59. The van der Waals surface area contributed by atoms with Gasteiger partial charge in [0.15, 0.2) is 5.69 Å². The van der Waals surface area contributed by atoms with E-state index in [1.807, 2.05) is 0 Å². The fourth-order valence-corrected chi connectivity index (χ4v) is 0.709. The average Bonchev–Trinajstić information content (AvgIpc) is 2.34. The second-order valence-corrected chi connectivity index (χ2v) is 2.13. The molecule has 0 spiro atoms. The molecule has 0 aliphatic carbocycles. The summed E-state index contributed by atoms with van der Waals surface area (Å²) in [7, 11) is 0. The lowest BCUT2D eigenvalue weighted by molar-refractivity contribution is 0.0517. The smallest absolute Gasteiger partial charge is 0.360 e. The van der Waals surface area contributed by atoms with E-state index in [2.05, 4.69) is 15.0 Å². The van der Waals surface area contributed by atoms with Gasteiger partial charge in [-0.3, -0.25) is 0 Å². The molecule has 0 aromatic carbocycles. The maximum atomic E-state index is 11.0. The summed E-state index contributed by atoms with van der Waals surface area (Å²) < 4.78 is 4.66. The van der Waals surface area contributed by atoms with Gasteiger partial charge in [0.05, 0.1) is 6.61 Å². The first-order valence-electron chi connectivity index (χ1n) is 3.45. The lowest BCUT2D eigenvalue weighted by Gasteiger charge is -1.97. The van der Waals surface area contributed by atoms with Crippen molar-refractivity contribution in [1.29, 1.82) is 0 Å². The van der Waals surface area contributed by atoms with E-state index in [0.29, 0.717) is 4.85 Å². The molecule has 1 aromatic heterocycles. The summed E-state index contributed by atoms with van der Waals surface area (Å²) in [4.78, 5) is 11.6. The van der Waals surface area contributed by atoms with E-state index in [9.17, 15) is 4.79 Å². The van der Waals surface area contributed by atoms with Crippen molar-refractivity contribution in [1.82, 2.24) is 15.2 Å². The lowest BCUT2D eigenvalue weighted by Crippen LogP contribution is -2.07. The predicted molar refractivity (Wildman–Crippen MR) is 37.9 cm³/mol. The van der Waals surface area contributed by atoms with Gasteiger partial charge in [-0.1, -0.05) is 4.85 Å². The summed E-state index contributed by atoms with van der Waals surface area (Å²) in [6.45, 7) is 3.49. The summed E-state index contributed by atoms with van der Waals surface area (Å²) in [6, 6.07) is 0. The number of hydrogen-bond donors (Lipinski definition) is 1. The van der Waals surface area contributed by atoms with Crippen molar-refractivity contribution in [2.45, 2.75) is 13.8 Å². The van der Waals surface area contributed by atoms with E-state index in [1.54, 1.807) is 6.92 Å². The van der Waals surface area contributed by atoms with Crippen LogP contribution in [0, 0.1) is 6.92 Å². The van der Waals surface area contributed by atoms with Crippen molar-refractivity contribution < 1.29 is 14.7 Å². The lowest BCUT2D eigenvalue weighted by atomic mass is 10.3. The molecule has 0 aliphatic rings. The second kappa shape index (κ2) is 3.21. The number of aromatic nitrogens is 3. The second-order valence-electron chi connectivity index (χ2n) is 2.13. The molecule has 6 nitrogen and oxygen atoms in total. The zero-order valence-corrected chi connectivity index (χ0v) is 6.81. The highest BCUT2D eigenvalue weighted by molar-refractivity contribution is 5.88. The molecule has 0 atom stereocenters. The molecule has 0 bridgehead atoms. The largest absolute Gasteiger partial charge is 0.461 e.